The van der Waals surface area contributed by atoms with Gasteiger partial charge < -0.3 is 4.90 Å². The molecule has 11 rings (SSSR count). The summed E-state index contributed by atoms with van der Waals surface area (Å²) >= 11 is 1.86. The predicted molar refractivity (Wildman–Crippen MR) is 243 cm³/mol. The van der Waals surface area contributed by atoms with Crippen molar-refractivity contribution in [3.8, 4) is 33.4 Å². The normalized spacial score (nSPS) is 11.6. The van der Waals surface area contributed by atoms with E-state index < -0.39 is 0 Å². The van der Waals surface area contributed by atoms with Crippen LogP contribution in [0.1, 0.15) is 0 Å². The van der Waals surface area contributed by atoms with Gasteiger partial charge in [0.1, 0.15) is 0 Å². The minimum absolute atomic E-state index is 1.10. The molecule has 56 heavy (non-hydrogen) atoms. The second kappa shape index (κ2) is 13.4. The molecule has 0 aliphatic rings. The third-order valence-corrected chi connectivity index (χ3v) is 12.4. The zero-order valence-corrected chi connectivity index (χ0v) is 31.4. The van der Waals surface area contributed by atoms with Crippen molar-refractivity contribution in [3.63, 3.8) is 0 Å². The molecule has 0 N–H and O–H groups in total. The second-order valence-corrected chi connectivity index (χ2v) is 15.6. The number of anilines is 3. The van der Waals surface area contributed by atoms with Gasteiger partial charge in [-0.2, -0.15) is 0 Å². The minimum atomic E-state index is 1.10. The largest absolute Gasteiger partial charge is 0.310 e. The molecule has 0 atom stereocenters. The predicted octanol–water partition coefficient (Wildman–Crippen LogP) is 16.0. The van der Waals surface area contributed by atoms with Crippen molar-refractivity contribution >= 4 is 80.9 Å². The number of nitrogens with zero attached hydrogens (tertiary/aromatic N) is 1. The average Bonchev–Trinajstić information content (AvgIpc) is 3.65. The summed E-state index contributed by atoms with van der Waals surface area (Å²) in [6, 6.07) is 77.8. The van der Waals surface area contributed by atoms with Crippen LogP contribution in [0.25, 0.3) is 85.9 Å². The zero-order chi connectivity index (χ0) is 37.0. The third kappa shape index (κ3) is 5.54. The van der Waals surface area contributed by atoms with Crippen molar-refractivity contribution in [2.24, 2.45) is 0 Å². The standard InChI is InChI=1S/C54H35NS/c1-3-16-45-37(11-1)13-10-21-46(45)40-14-9-15-44(33-40)55(42-28-23-36(24-29-42)39-27-32-54-52(34-39)50-20-7-8-22-53(50)56-54)43-30-25-38(26-31-43)51-35-41-12-2-4-17-47(41)48-18-5-6-19-49(48)51/h1-35H. The molecule has 11 aromatic rings. The zero-order valence-electron chi connectivity index (χ0n) is 30.6. The Morgan fingerprint density at radius 1 is 0.268 bits per heavy atom. The SMILES string of the molecule is c1cc(-c2cccc3ccccc23)cc(N(c2ccc(-c3ccc4sc5ccccc5c4c3)cc2)c2ccc(-c3cc4ccccc4c4ccccc34)cc2)c1. The Labute approximate surface area is 330 Å². The summed E-state index contributed by atoms with van der Waals surface area (Å²) in [5, 5.41) is 10.2. The summed E-state index contributed by atoms with van der Waals surface area (Å²) < 4.78 is 2.65. The molecule has 0 amide bonds. The van der Waals surface area contributed by atoms with Crippen LogP contribution in [0.15, 0.2) is 212 Å². The van der Waals surface area contributed by atoms with E-state index in [9.17, 15) is 0 Å². The van der Waals surface area contributed by atoms with Crippen LogP contribution in [0.3, 0.4) is 0 Å². The lowest BCUT2D eigenvalue weighted by atomic mass is 9.93. The van der Waals surface area contributed by atoms with Crippen LogP contribution < -0.4 is 4.90 Å². The Bertz CT molecular complexity index is 3240. The Hall–Kier alpha value is -7.00. The maximum Gasteiger partial charge on any atom is 0.0467 e. The van der Waals surface area contributed by atoms with Crippen LogP contribution in [0.4, 0.5) is 17.1 Å². The Kier molecular flexibility index (Phi) is 7.75. The van der Waals surface area contributed by atoms with Crippen molar-refractivity contribution in [2.75, 3.05) is 4.90 Å². The highest BCUT2D eigenvalue weighted by molar-refractivity contribution is 7.25. The fourth-order valence-electron chi connectivity index (χ4n) is 8.53. The van der Waals surface area contributed by atoms with Crippen LogP contribution in [0, 0.1) is 0 Å². The lowest BCUT2D eigenvalue weighted by Gasteiger charge is -2.26. The summed E-state index contributed by atoms with van der Waals surface area (Å²) in [4.78, 5) is 2.39. The average molecular weight is 730 g/mol. The molecule has 0 saturated heterocycles. The van der Waals surface area contributed by atoms with Gasteiger partial charge >= 0.3 is 0 Å². The van der Waals surface area contributed by atoms with E-state index in [1.54, 1.807) is 0 Å². The van der Waals surface area contributed by atoms with Gasteiger partial charge in [-0.05, 0) is 126 Å². The van der Waals surface area contributed by atoms with E-state index in [2.05, 4.69) is 217 Å². The molecule has 0 aliphatic carbocycles. The maximum atomic E-state index is 2.39. The van der Waals surface area contributed by atoms with Crippen LogP contribution in [0.2, 0.25) is 0 Å². The van der Waals surface area contributed by atoms with E-state index in [1.807, 2.05) is 11.3 Å². The maximum absolute atomic E-state index is 2.39. The first kappa shape index (κ1) is 32.4. The summed E-state index contributed by atoms with van der Waals surface area (Å²) in [5.74, 6) is 0. The number of fused-ring (bicyclic) bond motifs is 7. The molecular formula is C54H35NS. The second-order valence-electron chi connectivity index (χ2n) is 14.5. The molecule has 2 heteroatoms. The molecule has 0 spiro atoms. The molecule has 0 bridgehead atoms. The molecule has 0 radical (unpaired) electrons. The molecular weight excluding hydrogens is 695 g/mol. The first-order valence-corrected chi connectivity index (χ1v) is 20.0. The van der Waals surface area contributed by atoms with Gasteiger partial charge in [0.2, 0.25) is 0 Å². The lowest BCUT2D eigenvalue weighted by Crippen LogP contribution is -2.10. The first-order chi connectivity index (χ1) is 27.7. The van der Waals surface area contributed by atoms with Crippen molar-refractivity contribution in [2.45, 2.75) is 0 Å². The number of benzene rings is 10. The molecule has 0 fully saturated rings. The molecule has 0 saturated carbocycles. The smallest absolute Gasteiger partial charge is 0.0467 e. The summed E-state index contributed by atoms with van der Waals surface area (Å²) in [6.07, 6.45) is 0. The highest BCUT2D eigenvalue weighted by Crippen LogP contribution is 2.42. The van der Waals surface area contributed by atoms with Crippen molar-refractivity contribution in [1.29, 1.82) is 0 Å². The Balaban J connectivity index is 1.03. The molecule has 1 nitrogen and oxygen atoms in total. The highest BCUT2D eigenvalue weighted by Gasteiger charge is 2.16. The first-order valence-electron chi connectivity index (χ1n) is 19.2. The van der Waals surface area contributed by atoms with Gasteiger partial charge in [-0.3, -0.25) is 0 Å². The van der Waals surface area contributed by atoms with Crippen molar-refractivity contribution in [3.05, 3.63) is 212 Å². The highest BCUT2D eigenvalue weighted by atomic mass is 32.1. The summed E-state index contributed by atoms with van der Waals surface area (Å²) in [6.45, 7) is 0. The van der Waals surface area contributed by atoms with Crippen LogP contribution >= 0.6 is 11.3 Å². The van der Waals surface area contributed by atoms with Gasteiger partial charge in [-0.25, -0.2) is 0 Å². The number of thiophene rings is 1. The van der Waals surface area contributed by atoms with Crippen molar-refractivity contribution < 1.29 is 0 Å². The molecule has 1 aromatic heterocycles. The van der Waals surface area contributed by atoms with Crippen molar-refractivity contribution in [1.82, 2.24) is 0 Å². The molecule has 0 aliphatic heterocycles. The van der Waals surface area contributed by atoms with Gasteiger partial charge in [-0.1, -0.05) is 152 Å². The van der Waals surface area contributed by atoms with Gasteiger partial charge in [0.05, 0.1) is 0 Å². The van der Waals surface area contributed by atoms with E-state index in [0.717, 1.165) is 17.1 Å². The summed E-state index contributed by atoms with van der Waals surface area (Å²) in [7, 11) is 0. The quantitative estimate of drug-likeness (QED) is 0.154. The van der Waals surface area contributed by atoms with Crippen LogP contribution in [-0.4, -0.2) is 0 Å². The molecule has 262 valence electrons. The fourth-order valence-corrected chi connectivity index (χ4v) is 9.62. The van der Waals surface area contributed by atoms with E-state index in [1.165, 1.54) is 85.9 Å². The third-order valence-electron chi connectivity index (χ3n) is 11.2. The Morgan fingerprint density at radius 3 is 1.66 bits per heavy atom. The number of rotatable bonds is 6. The topological polar surface area (TPSA) is 3.24 Å². The minimum Gasteiger partial charge on any atom is -0.310 e. The van der Waals surface area contributed by atoms with E-state index >= 15 is 0 Å². The van der Waals surface area contributed by atoms with Gasteiger partial charge in [0.25, 0.3) is 0 Å². The van der Waals surface area contributed by atoms with Gasteiger partial charge in [0.15, 0.2) is 0 Å². The van der Waals surface area contributed by atoms with E-state index in [-0.39, 0.29) is 0 Å². The monoisotopic (exact) mass is 729 g/mol. The lowest BCUT2D eigenvalue weighted by molar-refractivity contribution is 1.28. The van der Waals surface area contributed by atoms with E-state index in [0.29, 0.717) is 0 Å². The number of hydrogen-bond acceptors (Lipinski definition) is 2. The number of hydrogen-bond donors (Lipinski definition) is 0. The fraction of sp³-hybridized carbons (Fsp3) is 0. The summed E-state index contributed by atoms with van der Waals surface area (Å²) in [5.41, 5.74) is 10.6. The van der Waals surface area contributed by atoms with Crippen LogP contribution in [-0.2, 0) is 0 Å². The molecule has 1 heterocycles. The molecule has 0 unspecified atom stereocenters. The Morgan fingerprint density at radius 2 is 0.857 bits per heavy atom. The van der Waals surface area contributed by atoms with Crippen LogP contribution in [0.5, 0.6) is 0 Å². The van der Waals surface area contributed by atoms with Gasteiger partial charge in [-0.15, -0.1) is 11.3 Å². The van der Waals surface area contributed by atoms with Gasteiger partial charge in [0, 0.05) is 37.2 Å². The van der Waals surface area contributed by atoms with E-state index in [4.69, 9.17) is 0 Å². The molecule has 10 aromatic carbocycles.